The van der Waals surface area contributed by atoms with Crippen molar-refractivity contribution in [1.82, 2.24) is 9.88 Å². The SMILES string of the molecule is CCCN(CCC)CCc1c[nH]c2ccc(NS(=O)(=O)c3sc4ccc(Cl)cc4c3C)cc12. The fourth-order valence-corrected chi connectivity index (χ4v) is 7.29. The molecule has 0 saturated heterocycles. The molecule has 0 unspecified atom stereocenters. The Hall–Kier alpha value is -2.06. The summed E-state index contributed by atoms with van der Waals surface area (Å²) in [5.74, 6) is 0. The quantitative estimate of drug-likeness (QED) is 0.250. The molecule has 0 atom stereocenters. The molecule has 0 aliphatic carbocycles. The van der Waals surface area contributed by atoms with Gasteiger partial charge in [0, 0.05) is 39.1 Å². The number of hydrogen-bond donors (Lipinski definition) is 2. The van der Waals surface area contributed by atoms with E-state index in [0.717, 1.165) is 65.4 Å². The number of rotatable bonds is 10. The number of aromatic amines is 1. The number of hydrogen-bond acceptors (Lipinski definition) is 4. The van der Waals surface area contributed by atoms with Crippen LogP contribution in [0.15, 0.2) is 46.8 Å². The van der Waals surface area contributed by atoms with Crippen molar-refractivity contribution in [2.24, 2.45) is 0 Å². The number of aromatic nitrogens is 1. The molecule has 2 aromatic heterocycles. The monoisotopic (exact) mass is 503 g/mol. The van der Waals surface area contributed by atoms with Gasteiger partial charge in [0.15, 0.2) is 0 Å². The molecule has 0 spiro atoms. The van der Waals surface area contributed by atoms with Gasteiger partial charge in [-0.3, -0.25) is 4.72 Å². The van der Waals surface area contributed by atoms with Crippen molar-refractivity contribution >= 4 is 59.6 Å². The van der Waals surface area contributed by atoms with Gasteiger partial charge >= 0.3 is 0 Å². The third-order valence-electron chi connectivity index (χ3n) is 5.90. The number of H-pyrrole nitrogens is 1. The summed E-state index contributed by atoms with van der Waals surface area (Å²) in [6, 6.07) is 11.1. The van der Waals surface area contributed by atoms with E-state index in [2.05, 4.69) is 28.5 Å². The van der Waals surface area contributed by atoms with Crippen molar-refractivity contribution in [2.45, 2.75) is 44.2 Å². The van der Waals surface area contributed by atoms with E-state index in [1.807, 2.05) is 37.4 Å². The maximum atomic E-state index is 13.2. The minimum Gasteiger partial charge on any atom is -0.361 e. The molecule has 4 aromatic rings. The molecule has 0 saturated carbocycles. The molecule has 4 rings (SSSR count). The second-order valence-corrected chi connectivity index (χ2v) is 11.8. The summed E-state index contributed by atoms with van der Waals surface area (Å²) in [6.45, 7) is 9.44. The first-order chi connectivity index (χ1) is 15.8. The first kappa shape index (κ1) is 24.1. The number of halogens is 1. The molecule has 8 heteroatoms. The van der Waals surface area contributed by atoms with Crippen molar-refractivity contribution < 1.29 is 8.42 Å². The Morgan fingerprint density at radius 1 is 1.03 bits per heavy atom. The molecular weight excluding hydrogens is 474 g/mol. The van der Waals surface area contributed by atoms with Gasteiger partial charge in [-0.15, -0.1) is 11.3 Å². The van der Waals surface area contributed by atoms with Gasteiger partial charge in [-0.25, -0.2) is 8.42 Å². The van der Waals surface area contributed by atoms with Crippen LogP contribution in [0.3, 0.4) is 0 Å². The average molecular weight is 504 g/mol. The van der Waals surface area contributed by atoms with E-state index in [1.54, 1.807) is 12.1 Å². The van der Waals surface area contributed by atoms with E-state index in [0.29, 0.717) is 14.9 Å². The summed E-state index contributed by atoms with van der Waals surface area (Å²) in [7, 11) is -3.72. The highest BCUT2D eigenvalue weighted by Crippen LogP contribution is 2.36. The van der Waals surface area contributed by atoms with E-state index in [1.165, 1.54) is 16.9 Å². The zero-order valence-electron chi connectivity index (χ0n) is 19.2. The number of aryl methyl sites for hydroxylation is 1. The molecule has 2 heterocycles. The molecule has 0 amide bonds. The van der Waals surface area contributed by atoms with E-state index >= 15 is 0 Å². The molecule has 2 aromatic carbocycles. The van der Waals surface area contributed by atoms with Crippen LogP contribution in [0.25, 0.3) is 21.0 Å². The lowest BCUT2D eigenvalue weighted by Crippen LogP contribution is -2.27. The topological polar surface area (TPSA) is 65.2 Å². The fraction of sp³-hybridized carbons (Fsp3) is 0.360. The van der Waals surface area contributed by atoms with Crippen molar-refractivity contribution in [1.29, 1.82) is 0 Å². The van der Waals surface area contributed by atoms with Crippen LogP contribution in [-0.2, 0) is 16.4 Å². The van der Waals surface area contributed by atoms with Crippen LogP contribution >= 0.6 is 22.9 Å². The summed E-state index contributed by atoms with van der Waals surface area (Å²) in [5.41, 5.74) is 3.51. The Kier molecular flexibility index (Phi) is 7.34. The van der Waals surface area contributed by atoms with Gasteiger partial charge in [0.1, 0.15) is 4.21 Å². The molecule has 0 aliphatic rings. The van der Waals surface area contributed by atoms with Crippen LogP contribution in [0.1, 0.15) is 37.8 Å². The lowest BCUT2D eigenvalue weighted by atomic mass is 10.1. The smallest absolute Gasteiger partial charge is 0.271 e. The standard InChI is InChI=1S/C25H30ClN3O2S2/c1-4-11-29(12-5-2)13-10-18-16-27-23-8-7-20(15-22(18)23)28-33(30,31)25-17(3)21-14-19(26)6-9-24(21)32-25/h6-9,14-16,27-28H,4-5,10-13H2,1-3H3. The Labute approximate surface area is 204 Å². The van der Waals surface area contributed by atoms with E-state index in [-0.39, 0.29) is 0 Å². The molecule has 2 N–H and O–H groups in total. The van der Waals surface area contributed by atoms with E-state index in [4.69, 9.17) is 11.6 Å². The van der Waals surface area contributed by atoms with Crippen LogP contribution in [0.5, 0.6) is 0 Å². The van der Waals surface area contributed by atoms with Crippen LogP contribution in [-0.4, -0.2) is 37.9 Å². The van der Waals surface area contributed by atoms with Crippen molar-refractivity contribution in [3.63, 3.8) is 0 Å². The highest BCUT2D eigenvalue weighted by molar-refractivity contribution is 7.94. The number of anilines is 1. The number of sulfonamides is 1. The van der Waals surface area contributed by atoms with Crippen LogP contribution in [0.4, 0.5) is 5.69 Å². The fourth-order valence-electron chi connectivity index (χ4n) is 4.32. The zero-order chi connectivity index (χ0) is 23.6. The molecule has 0 aliphatic heterocycles. The highest BCUT2D eigenvalue weighted by Gasteiger charge is 2.22. The number of nitrogens with one attached hydrogen (secondary N) is 2. The largest absolute Gasteiger partial charge is 0.361 e. The van der Waals surface area contributed by atoms with Crippen LogP contribution in [0.2, 0.25) is 5.02 Å². The van der Waals surface area contributed by atoms with Gasteiger partial charge in [-0.2, -0.15) is 0 Å². The molecule has 0 radical (unpaired) electrons. The lowest BCUT2D eigenvalue weighted by Gasteiger charge is -2.20. The summed E-state index contributed by atoms with van der Waals surface area (Å²) in [6.07, 6.45) is 5.25. The molecule has 5 nitrogen and oxygen atoms in total. The predicted molar refractivity (Wildman–Crippen MR) is 141 cm³/mol. The van der Waals surface area contributed by atoms with Crippen molar-refractivity contribution in [2.75, 3.05) is 24.4 Å². The minimum absolute atomic E-state index is 0.323. The Morgan fingerprint density at radius 2 is 1.79 bits per heavy atom. The van der Waals surface area contributed by atoms with Gasteiger partial charge in [0.25, 0.3) is 10.0 Å². The van der Waals surface area contributed by atoms with E-state index in [9.17, 15) is 8.42 Å². The van der Waals surface area contributed by atoms with Crippen molar-refractivity contribution in [3.05, 3.63) is 58.7 Å². The van der Waals surface area contributed by atoms with Gasteiger partial charge in [-0.05, 0) is 92.2 Å². The molecule has 0 fully saturated rings. The number of nitrogens with zero attached hydrogens (tertiary/aromatic N) is 1. The summed E-state index contributed by atoms with van der Waals surface area (Å²) in [4.78, 5) is 5.81. The second-order valence-electron chi connectivity index (χ2n) is 8.43. The maximum Gasteiger partial charge on any atom is 0.271 e. The highest BCUT2D eigenvalue weighted by atomic mass is 35.5. The summed E-state index contributed by atoms with van der Waals surface area (Å²) >= 11 is 7.38. The maximum absolute atomic E-state index is 13.2. The Bertz CT molecular complexity index is 1370. The third kappa shape index (κ3) is 5.22. The minimum atomic E-state index is -3.72. The molecular formula is C25H30ClN3O2S2. The third-order valence-corrected chi connectivity index (χ3v) is 9.40. The molecule has 33 heavy (non-hydrogen) atoms. The van der Waals surface area contributed by atoms with Gasteiger partial charge in [-0.1, -0.05) is 25.4 Å². The normalized spacial score (nSPS) is 12.3. The number of thiophene rings is 1. The first-order valence-corrected chi connectivity index (χ1v) is 14.0. The molecule has 0 bridgehead atoms. The lowest BCUT2D eigenvalue weighted by molar-refractivity contribution is 0.278. The summed E-state index contributed by atoms with van der Waals surface area (Å²) in [5, 5.41) is 2.53. The first-order valence-electron chi connectivity index (χ1n) is 11.4. The van der Waals surface area contributed by atoms with E-state index < -0.39 is 10.0 Å². The predicted octanol–water partition coefficient (Wildman–Crippen LogP) is 6.81. The van der Waals surface area contributed by atoms with Crippen LogP contribution in [0, 0.1) is 6.92 Å². The van der Waals surface area contributed by atoms with Gasteiger partial charge in [0.2, 0.25) is 0 Å². The average Bonchev–Trinajstić information content (AvgIpc) is 3.33. The summed E-state index contributed by atoms with van der Waals surface area (Å²) < 4.78 is 30.5. The number of fused-ring (bicyclic) bond motifs is 2. The van der Waals surface area contributed by atoms with Gasteiger partial charge < -0.3 is 9.88 Å². The van der Waals surface area contributed by atoms with Gasteiger partial charge in [0.05, 0.1) is 0 Å². The van der Waals surface area contributed by atoms with Crippen LogP contribution < -0.4 is 4.72 Å². The van der Waals surface area contributed by atoms with Crippen molar-refractivity contribution in [3.8, 4) is 0 Å². The molecule has 176 valence electrons. The number of benzene rings is 2. The second kappa shape index (κ2) is 10.1. The Balaban J connectivity index is 1.59. The Morgan fingerprint density at radius 3 is 2.52 bits per heavy atom. The zero-order valence-corrected chi connectivity index (χ0v) is 21.6.